The van der Waals surface area contributed by atoms with E-state index in [0.29, 0.717) is 0 Å². The molecular weight excluding hydrogens is 234 g/mol. The maximum Gasteiger partial charge on any atom is 0.309 e. The van der Waals surface area contributed by atoms with Gasteiger partial charge in [0, 0.05) is 0 Å². The summed E-state index contributed by atoms with van der Waals surface area (Å²) in [5, 5.41) is 3.97. The van der Waals surface area contributed by atoms with Crippen molar-refractivity contribution in [2.45, 2.75) is 58.3 Å². The molecule has 0 atom stereocenters. The second kappa shape index (κ2) is 11.8. The van der Waals surface area contributed by atoms with Crippen LogP contribution in [-0.4, -0.2) is 12.8 Å². The maximum atomic E-state index is 5.25. The van der Waals surface area contributed by atoms with E-state index in [4.69, 9.17) is 4.84 Å². The van der Waals surface area contributed by atoms with Crippen LogP contribution in [0.1, 0.15) is 63.9 Å². The molecule has 0 aliphatic rings. The number of hydrogen-bond acceptors (Lipinski definition) is 2. The first-order valence-electron chi connectivity index (χ1n) is 7.64. The van der Waals surface area contributed by atoms with Crippen LogP contribution in [0.5, 0.6) is 0 Å². The Bertz CT molecular complexity index is 321. The Morgan fingerprint density at radius 3 is 2.21 bits per heavy atom. The van der Waals surface area contributed by atoms with Crippen molar-refractivity contribution in [3.8, 4) is 0 Å². The minimum atomic E-state index is 0.734. The maximum absolute atomic E-state index is 5.25. The highest BCUT2D eigenvalue weighted by Gasteiger charge is 1.97. The van der Waals surface area contributed by atoms with E-state index in [1.165, 1.54) is 44.9 Å². The molecule has 0 amide bonds. The Hall–Kier alpha value is -1.31. The van der Waals surface area contributed by atoms with Gasteiger partial charge in [0.2, 0.25) is 0 Å². The van der Waals surface area contributed by atoms with Gasteiger partial charge in [0.25, 0.3) is 5.16 Å². The highest BCUT2D eigenvalue weighted by atomic mass is 16.6. The molecule has 1 radical (unpaired) electrons. The fourth-order valence-electron chi connectivity index (χ4n) is 1.99. The first-order chi connectivity index (χ1) is 9.43. The first kappa shape index (κ1) is 15.7. The fourth-order valence-corrected chi connectivity index (χ4v) is 1.99. The van der Waals surface area contributed by atoms with Crippen LogP contribution in [0.3, 0.4) is 0 Å². The molecule has 1 aromatic rings. The zero-order valence-electron chi connectivity index (χ0n) is 12.2. The molecule has 0 fully saturated rings. The van der Waals surface area contributed by atoms with Gasteiger partial charge in [0.1, 0.15) is 0 Å². The molecule has 105 valence electrons. The number of benzene rings is 1. The monoisotopic (exact) mass is 261 g/mol. The summed E-state index contributed by atoms with van der Waals surface area (Å²) in [6, 6.07) is 10.0. The molecule has 0 spiro atoms. The zero-order chi connectivity index (χ0) is 13.6. The van der Waals surface area contributed by atoms with E-state index in [-0.39, 0.29) is 0 Å². The summed E-state index contributed by atoms with van der Waals surface area (Å²) < 4.78 is 0. The minimum Gasteiger partial charge on any atom is -0.213 e. The average Bonchev–Trinajstić information content (AvgIpc) is 2.46. The predicted octanol–water partition coefficient (Wildman–Crippen LogP) is 4.51. The van der Waals surface area contributed by atoms with Crippen molar-refractivity contribution in [1.29, 1.82) is 0 Å². The van der Waals surface area contributed by atoms with Crippen molar-refractivity contribution in [1.82, 2.24) is 5.16 Å². The number of nitrogens with zero attached hydrogens (tertiary/aromatic N) is 1. The molecule has 0 N–H and O–H groups in total. The molecule has 0 aromatic heterocycles. The first-order valence-corrected chi connectivity index (χ1v) is 7.64. The Labute approximate surface area is 117 Å². The molecule has 2 nitrogen and oxygen atoms in total. The lowest BCUT2D eigenvalue weighted by atomic mass is 10.1. The van der Waals surface area contributed by atoms with Crippen LogP contribution >= 0.6 is 0 Å². The molecule has 0 saturated heterocycles. The average molecular weight is 261 g/mol. The Morgan fingerprint density at radius 1 is 0.895 bits per heavy atom. The van der Waals surface area contributed by atoms with Gasteiger partial charge in [-0.15, -0.1) is 0 Å². The molecule has 0 bridgehead atoms. The van der Waals surface area contributed by atoms with Gasteiger partial charge in [-0.1, -0.05) is 63.6 Å². The molecule has 0 unspecified atom stereocenters. The van der Waals surface area contributed by atoms with E-state index >= 15 is 0 Å². The molecule has 0 saturated carbocycles. The van der Waals surface area contributed by atoms with E-state index in [9.17, 15) is 0 Å². The van der Waals surface area contributed by atoms with Crippen molar-refractivity contribution >= 4 is 6.21 Å². The summed E-state index contributed by atoms with van der Waals surface area (Å²) in [7, 11) is 0. The summed E-state index contributed by atoms with van der Waals surface area (Å²) in [6.07, 6.45) is 12.3. The summed E-state index contributed by atoms with van der Waals surface area (Å²) in [6.45, 7) is 2.99. The van der Waals surface area contributed by atoms with Crippen LogP contribution in [0.25, 0.3) is 0 Å². The van der Waals surface area contributed by atoms with Gasteiger partial charge in [0.05, 0.1) is 5.56 Å². The lowest BCUT2D eigenvalue weighted by Gasteiger charge is -1.98. The number of unbranched alkanes of at least 4 members (excludes halogenated alkanes) is 7. The largest absolute Gasteiger partial charge is 0.309 e. The third kappa shape index (κ3) is 9.29. The van der Waals surface area contributed by atoms with Gasteiger partial charge in [-0.3, -0.25) is 0 Å². The lowest BCUT2D eigenvalue weighted by molar-refractivity contribution is 0.0962. The second-order valence-electron chi connectivity index (χ2n) is 4.95. The summed E-state index contributed by atoms with van der Waals surface area (Å²) >= 11 is 0. The molecule has 2 heteroatoms. The third-order valence-corrected chi connectivity index (χ3v) is 3.17. The van der Waals surface area contributed by atoms with Gasteiger partial charge < -0.3 is 0 Å². The summed E-state index contributed by atoms with van der Waals surface area (Å²) in [5.41, 5.74) is 1.08. The Morgan fingerprint density at radius 2 is 1.53 bits per heavy atom. The Kier molecular flexibility index (Phi) is 9.75. The highest BCUT2D eigenvalue weighted by molar-refractivity contribution is 5.77. The molecule has 0 aliphatic carbocycles. The van der Waals surface area contributed by atoms with Crippen LogP contribution in [0.15, 0.2) is 30.3 Å². The van der Waals surface area contributed by atoms with Gasteiger partial charge in [-0.25, -0.2) is 4.84 Å². The van der Waals surface area contributed by atoms with E-state index in [1.807, 2.05) is 30.3 Å². The Balaban J connectivity index is 1.87. The molecule has 1 aromatic carbocycles. The topological polar surface area (TPSA) is 23.3 Å². The van der Waals surface area contributed by atoms with Crippen LogP contribution in [-0.2, 0) is 4.84 Å². The quantitative estimate of drug-likeness (QED) is 0.326. The van der Waals surface area contributed by atoms with Crippen molar-refractivity contribution < 1.29 is 4.84 Å². The molecule has 0 aliphatic heterocycles. The van der Waals surface area contributed by atoms with E-state index in [0.717, 1.165) is 18.6 Å². The van der Waals surface area contributed by atoms with E-state index in [1.54, 1.807) is 6.21 Å². The van der Waals surface area contributed by atoms with Gasteiger partial charge in [-0.2, -0.15) is 0 Å². The van der Waals surface area contributed by atoms with Crippen molar-refractivity contribution in [2.24, 2.45) is 0 Å². The fraction of sp³-hybridized carbons (Fsp3) is 0.588. The van der Waals surface area contributed by atoms with Crippen LogP contribution < -0.4 is 5.16 Å². The van der Waals surface area contributed by atoms with Crippen molar-refractivity contribution in [2.75, 3.05) is 6.61 Å². The summed E-state index contributed by atoms with van der Waals surface area (Å²) in [4.78, 5) is 5.25. The molecule has 0 heterocycles. The number of rotatable bonds is 11. The standard InChI is InChI=1S/C17H27NO/c1-2-3-4-5-6-7-8-12-15-19-18-16-17-13-10-9-11-14-17/h9-11,13-14,16H,2-8,12,15H2,1H3/q+1. The highest BCUT2D eigenvalue weighted by Crippen LogP contribution is 2.08. The lowest BCUT2D eigenvalue weighted by Crippen LogP contribution is -1.99. The summed E-state index contributed by atoms with van der Waals surface area (Å²) in [5.74, 6) is 0. The second-order valence-corrected chi connectivity index (χ2v) is 4.95. The zero-order valence-corrected chi connectivity index (χ0v) is 12.2. The predicted molar refractivity (Wildman–Crippen MR) is 82.3 cm³/mol. The molecule has 19 heavy (non-hydrogen) atoms. The van der Waals surface area contributed by atoms with Gasteiger partial charge >= 0.3 is 6.21 Å². The molecular formula is C17H27NO+. The SMILES string of the molecule is CCCCCCCCCCO[N+]=Cc1ccccc1. The van der Waals surface area contributed by atoms with Crippen LogP contribution in [0.2, 0.25) is 0 Å². The van der Waals surface area contributed by atoms with Gasteiger partial charge in [0.15, 0.2) is 6.61 Å². The minimum absolute atomic E-state index is 0.734. The molecule has 1 rings (SSSR count). The van der Waals surface area contributed by atoms with Crippen molar-refractivity contribution in [3.05, 3.63) is 35.9 Å². The van der Waals surface area contributed by atoms with E-state index < -0.39 is 0 Å². The smallest absolute Gasteiger partial charge is 0.213 e. The number of hydrogen-bond donors (Lipinski definition) is 0. The van der Waals surface area contributed by atoms with E-state index in [2.05, 4.69) is 12.1 Å². The normalized spacial score (nSPS) is 11.0. The van der Waals surface area contributed by atoms with Crippen molar-refractivity contribution in [3.63, 3.8) is 0 Å². The van der Waals surface area contributed by atoms with Gasteiger partial charge in [-0.05, 0) is 25.0 Å². The third-order valence-electron chi connectivity index (χ3n) is 3.17. The van der Waals surface area contributed by atoms with Crippen LogP contribution in [0, 0.1) is 0 Å². The number of oxime groups is 1. The van der Waals surface area contributed by atoms with Crippen LogP contribution in [0.4, 0.5) is 0 Å².